The number of alkyl halides is 1. The van der Waals surface area contributed by atoms with E-state index < -0.39 is 0 Å². The highest BCUT2D eigenvalue weighted by Crippen LogP contribution is 2.36. The minimum atomic E-state index is 0.150. The molecule has 1 aromatic carbocycles. The molecule has 2 atom stereocenters. The summed E-state index contributed by atoms with van der Waals surface area (Å²) in [6.45, 7) is 4.20. The Balaban J connectivity index is 1.81. The van der Waals surface area contributed by atoms with Crippen molar-refractivity contribution in [3.8, 4) is 0 Å². The molecule has 1 heterocycles. The van der Waals surface area contributed by atoms with Crippen LogP contribution in [0.25, 0.3) is 0 Å². The van der Waals surface area contributed by atoms with Crippen molar-refractivity contribution in [2.24, 2.45) is 5.92 Å². The molecule has 1 amide bonds. The van der Waals surface area contributed by atoms with E-state index in [1.54, 1.807) is 0 Å². The van der Waals surface area contributed by atoms with Crippen molar-refractivity contribution in [1.82, 2.24) is 0 Å². The highest BCUT2D eigenvalue weighted by Gasteiger charge is 2.35. The van der Waals surface area contributed by atoms with Gasteiger partial charge in [-0.2, -0.15) is 0 Å². The van der Waals surface area contributed by atoms with E-state index in [2.05, 4.69) is 30.0 Å². The lowest BCUT2D eigenvalue weighted by Gasteiger charge is -2.29. The Kier molecular flexibility index (Phi) is 4.77. The van der Waals surface area contributed by atoms with Crippen molar-refractivity contribution in [2.45, 2.75) is 70.2 Å². The van der Waals surface area contributed by atoms with Crippen molar-refractivity contribution >= 4 is 23.2 Å². The number of carbonyl (C=O) groups is 1. The normalized spacial score (nSPS) is 23.4. The fraction of sp³-hybridized carbons (Fsp3) is 0.632. The van der Waals surface area contributed by atoms with Gasteiger partial charge in [0, 0.05) is 23.0 Å². The third-order valence-electron chi connectivity index (χ3n) is 5.07. The van der Waals surface area contributed by atoms with Crippen LogP contribution in [0.4, 0.5) is 5.69 Å². The molecule has 0 spiro atoms. The van der Waals surface area contributed by atoms with Crippen LogP contribution < -0.4 is 4.90 Å². The molecule has 0 radical (unpaired) electrons. The molecule has 1 aliphatic heterocycles. The summed E-state index contributed by atoms with van der Waals surface area (Å²) < 4.78 is 0. The van der Waals surface area contributed by atoms with E-state index >= 15 is 0 Å². The van der Waals surface area contributed by atoms with Gasteiger partial charge in [0.15, 0.2) is 0 Å². The Bertz CT molecular complexity index is 548. The highest BCUT2D eigenvalue weighted by atomic mass is 35.5. The average molecular weight is 320 g/mol. The summed E-state index contributed by atoms with van der Waals surface area (Å²) in [4.78, 5) is 15.0. The summed E-state index contributed by atoms with van der Waals surface area (Å²) in [5.74, 6) is 0.592. The summed E-state index contributed by atoms with van der Waals surface area (Å²) >= 11 is 6.11. The number of hydrogen-bond donors (Lipinski definition) is 0. The monoisotopic (exact) mass is 319 g/mol. The van der Waals surface area contributed by atoms with Crippen molar-refractivity contribution in [3.63, 3.8) is 0 Å². The molecular weight excluding hydrogens is 294 g/mol. The predicted molar refractivity (Wildman–Crippen MR) is 92.7 cm³/mol. The van der Waals surface area contributed by atoms with E-state index in [1.165, 1.54) is 30.4 Å². The number of carbonyl (C=O) groups excluding carboxylic acids is 1. The van der Waals surface area contributed by atoms with Crippen molar-refractivity contribution < 1.29 is 4.79 Å². The van der Waals surface area contributed by atoms with Crippen molar-refractivity contribution in [2.75, 3.05) is 4.90 Å². The summed E-state index contributed by atoms with van der Waals surface area (Å²) in [5.41, 5.74) is 3.72. The van der Waals surface area contributed by atoms with Gasteiger partial charge in [0.25, 0.3) is 0 Å². The molecule has 3 rings (SSSR count). The molecule has 2 unspecified atom stereocenters. The van der Waals surface area contributed by atoms with Crippen LogP contribution in [0.2, 0.25) is 0 Å². The van der Waals surface area contributed by atoms with E-state index in [1.807, 2.05) is 6.92 Å². The number of fused-ring (bicyclic) bond motifs is 1. The van der Waals surface area contributed by atoms with Crippen LogP contribution in [0.3, 0.4) is 0 Å². The van der Waals surface area contributed by atoms with Gasteiger partial charge in [-0.1, -0.05) is 31.4 Å². The molecule has 0 saturated heterocycles. The summed E-state index contributed by atoms with van der Waals surface area (Å²) in [6, 6.07) is 6.80. The van der Waals surface area contributed by atoms with Crippen LogP contribution in [0.15, 0.2) is 18.2 Å². The first-order valence-electron chi connectivity index (χ1n) is 8.65. The van der Waals surface area contributed by atoms with Gasteiger partial charge in [-0.25, -0.2) is 0 Å². The van der Waals surface area contributed by atoms with Crippen molar-refractivity contribution in [1.29, 1.82) is 0 Å². The number of anilines is 1. The molecule has 120 valence electrons. The summed E-state index contributed by atoms with van der Waals surface area (Å²) in [5, 5.41) is 0.150. The number of rotatable bonds is 3. The second-order valence-corrected chi connectivity index (χ2v) is 7.79. The number of benzene rings is 1. The quantitative estimate of drug-likeness (QED) is 0.739. The van der Waals surface area contributed by atoms with E-state index in [-0.39, 0.29) is 17.3 Å². The molecule has 22 heavy (non-hydrogen) atoms. The molecule has 3 heteroatoms. The molecule has 1 aliphatic carbocycles. The lowest BCUT2D eigenvalue weighted by atomic mass is 9.88. The van der Waals surface area contributed by atoms with Crippen LogP contribution in [0, 0.1) is 5.92 Å². The smallest absolute Gasteiger partial charge is 0.230 e. The predicted octanol–water partition coefficient (Wildman–Crippen LogP) is 4.71. The zero-order chi connectivity index (χ0) is 15.7. The highest BCUT2D eigenvalue weighted by molar-refractivity contribution is 6.20. The van der Waals surface area contributed by atoms with Gasteiger partial charge in [-0.3, -0.25) is 4.79 Å². The lowest BCUT2D eigenvalue weighted by molar-refractivity contribution is -0.123. The molecule has 0 N–H and O–H groups in total. The molecule has 1 saturated carbocycles. The van der Waals surface area contributed by atoms with Gasteiger partial charge >= 0.3 is 0 Å². The van der Waals surface area contributed by atoms with E-state index in [9.17, 15) is 4.79 Å². The summed E-state index contributed by atoms with van der Waals surface area (Å²) in [6.07, 6.45) is 7.70. The number of amides is 1. The van der Waals surface area contributed by atoms with Gasteiger partial charge in [-0.15, -0.1) is 11.6 Å². The topological polar surface area (TPSA) is 20.3 Å². The molecule has 2 aliphatic rings. The first kappa shape index (κ1) is 15.9. The maximum Gasteiger partial charge on any atom is 0.230 e. The molecular formula is C19H26ClNO. The van der Waals surface area contributed by atoms with Crippen LogP contribution in [0.5, 0.6) is 0 Å². The second kappa shape index (κ2) is 6.62. The maximum atomic E-state index is 12.9. The fourth-order valence-electron chi connectivity index (χ4n) is 4.02. The minimum absolute atomic E-state index is 0.150. The van der Waals surface area contributed by atoms with Crippen LogP contribution in [0.1, 0.15) is 57.1 Å². The molecule has 2 nitrogen and oxygen atoms in total. The Morgan fingerprint density at radius 2 is 2.05 bits per heavy atom. The lowest BCUT2D eigenvalue weighted by Crippen LogP contribution is -2.40. The largest absolute Gasteiger partial charge is 0.309 e. The Hall–Kier alpha value is -1.02. The molecule has 0 bridgehead atoms. The number of nitrogens with zero attached hydrogens (tertiary/aromatic N) is 1. The number of hydrogen-bond acceptors (Lipinski definition) is 1. The zero-order valence-corrected chi connectivity index (χ0v) is 14.4. The molecule has 1 aromatic rings. The second-order valence-electron chi connectivity index (χ2n) is 7.04. The van der Waals surface area contributed by atoms with Crippen LogP contribution in [-0.4, -0.2) is 17.3 Å². The van der Waals surface area contributed by atoms with Crippen molar-refractivity contribution in [3.05, 3.63) is 29.3 Å². The first-order chi connectivity index (χ1) is 10.6. The van der Waals surface area contributed by atoms with Crippen LogP contribution >= 0.6 is 11.6 Å². The van der Waals surface area contributed by atoms with E-state index in [0.29, 0.717) is 5.91 Å². The Morgan fingerprint density at radius 1 is 1.32 bits per heavy atom. The van der Waals surface area contributed by atoms with Crippen LogP contribution in [-0.2, 0) is 17.6 Å². The fourth-order valence-corrected chi connectivity index (χ4v) is 4.20. The van der Waals surface area contributed by atoms with Gasteiger partial charge in [-0.05, 0) is 56.7 Å². The van der Waals surface area contributed by atoms with Gasteiger partial charge in [0.2, 0.25) is 5.91 Å². The maximum absolute atomic E-state index is 12.9. The van der Waals surface area contributed by atoms with Gasteiger partial charge < -0.3 is 4.90 Å². The van der Waals surface area contributed by atoms with Gasteiger partial charge in [0.05, 0.1) is 0 Å². The average Bonchev–Trinajstić information content (AvgIpc) is 2.82. The number of halogens is 1. The van der Waals surface area contributed by atoms with E-state index in [0.717, 1.165) is 31.4 Å². The Labute approximate surface area is 138 Å². The van der Waals surface area contributed by atoms with E-state index in [4.69, 9.17) is 11.6 Å². The third kappa shape index (κ3) is 3.17. The SMILES string of the molecule is CC(Cl)Cc1ccc2c(c1)CC(C)N2C(=O)C1CCCCC1. The first-order valence-corrected chi connectivity index (χ1v) is 9.09. The standard InChI is InChI=1S/C19H26ClNO/c1-13(20)10-15-8-9-18-17(12-15)11-14(2)21(18)19(22)16-6-4-3-5-7-16/h8-9,12-14,16H,3-7,10-11H2,1-2H3. The third-order valence-corrected chi connectivity index (χ3v) is 5.22. The minimum Gasteiger partial charge on any atom is -0.309 e. The molecule has 0 aromatic heterocycles. The molecule has 1 fully saturated rings. The Morgan fingerprint density at radius 3 is 2.73 bits per heavy atom. The van der Waals surface area contributed by atoms with Gasteiger partial charge in [0.1, 0.15) is 0 Å². The zero-order valence-electron chi connectivity index (χ0n) is 13.6. The summed E-state index contributed by atoms with van der Waals surface area (Å²) in [7, 11) is 0.